The molecule has 0 fully saturated rings. The number of nitrogens with one attached hydrogen (secondary N) is 1. The highest BCUT2D eigenvalue weighted by Crippen LogP contribution is 2.08. The lowest BCUT2D eigenvalue weighted by atomic mass is 10.1. The minimum Gasteiger partial charge on any atom is -0.480 e. The summed E-state index contributed by atoms with van der Waals surface area (Å²) < 4.78 is 1.39. The molecule has 0 bridgehead atoms. The summed E-state index contributed by atoms with van der Waals surface area (Å²) >= 11 is 0. The molecule has 106 valence electrons. The van der Waals surface area contributed by atoms with Gasteiger partial charge in [0.15, 0.2) is 0 Å². The van der Waals surface area contributed by atoms with Gasteiger partial charge in [0.05, 0.1) is 11.3 Å². The van der Waals surface area contributed by atoms with Crippen molar-refractivity contribution in [3.8, 4) is 0 Å². The number of rotatable bonds is 5. The van der Waals surface area contributed by atoms with Crippen LogP contribution in [0.5, 0.6) is 0 Å². The lowest BCUT2D eigenvalue weighted by molar-refractivity contribution is -0.139. The van der Waals surface area contributed by atoms with E-state index in [2.05, 4.69) is 20.4 Å². The van der Waals surface area contributed by atoms with Gasteiger partial charge in [-0.25, -0.2) is 14.3 Å². The van der Waals surface area contributed by atoms with Gasteiger partial charge in [-0.15, -0.1) is 0 Å². The molecule has 0 aliphatic carbocycles. The van der Waals surface area contributed by atoms with Crippen molar-refractivity contribution in [3.05, 3.63) is 23.8 Å². The number of hydrogen-bond donors (Lipinski definition) is 3. The summed E-state index contributed by atoms with van der Waals surface area (Å²) in [6.45, 7) is 1.32. The Morgan fingerprint density at radius 3 is 2.85 bits per heavy atom. The molecule has 1 amide bonds. The van der Waals surface area contributed by atoms with Crippen molar-refractivity contribution in [2.24, 2.45) is 0 Å². The minimum atomic E-state index is -1.21. The van der Waals surface area contributed by atoms with Crippen LogP contribution in [0.2, 0.25) is 0 Å². The monoisotopic (exact) mass is 279 g/mol. The Kier molecular flexibility index (Phi) is 3.89. The van der Waals surface area contributed by atoms with Gasteiger partial charge in [0.2, 0.25) is 0 Å². The highest BCUT2D eigenvalue weighted by molar-refractivity contribution is 5.97. The number of carboxylic acid groups (broad SMARTS) is 1. The van der Waals surface area contributed by atoms with Crippen LogP contribution in [-0.4, -0.2) is 54.3 Å². The number of aromatic nitrogens is 4. The van der Waals surface area contributed by atoms with Crippen molar-refractivity contribution in [2.75, 3.05) is 6.61 Å². The second-order valence-electron chi connectivity index (χ2n) is 4.11. The third-order valence-corrected chi connectivity index (χ3v) is 2.81. The average molecular weight is 279 g/mol. The first-order valence-electron chi connectivity index (χ1n) is 5.84. The molecule has 0 aliphatic heterocycles. The van der Waals surface area contributed by atoms with E-state index in [0.29, 0.717) is 11.5 Å². The van der Waals surface area contributed by atoms with Crippen LogP contribution >= 0.6 is 0 Å². The fraction of sp³-hybridized carbons (Fsp3) is 0.364. The Hall–Kier alpha value is -2.55. The minimum absolute atomic E-state index is 0.0703. The largest absolute Gasteiger partial charge is 0.480 e. The van der Waals surface area contributed by atoms with Gasteiger partial charge in [0, 0.05) is 19.2 Å². The van der Waals surface area contributed by atoms with E-state index in [1.54, 1.807) is 6.92 Å². The first-order chi connectivity index (χ1) is 9.54. The summed E-state index contributed by atoms with van der Waals surface area (Å²) in [5.41, 5.74) is 0.699. The molecule has 9 heteroatoms. The number of aliphatic carboxylic acids is 1. The van der Waals surface area contributed by atoms with Gasteiger partial charge in [-0.1, -0.05) is 0 Å². The number of aliphatic hydroxyl groups is 1. The zero-order valence-electron chi connectivity index (χ0n) is 10.6. The van der Waals surface area contributed by atoms with Gasteiger partial charge >= 0.3 is 5.97 Å². The molecule has 0 unspecified atom stereocenters. The van der Waals surface area contributed by atoms with Crippen LogP contribution in [0.15, 0.2) is 12.5 Å². The molecule has 0 radical (unpaired) electrons. The number of carbonyl (C=O) groups excluding carboxylic acids is 1. The predicted octanol–water partition coefficient (Wildman–Crippen LogP) is -1.00. The first-order valence-corrected chi connectivity index (χ1v) is 5.84. The molecular formula is C11H13N5O4. The van der Waals surface area contributed by atoms with Crippen LogP contribution in [0.3, 0.4) is 0 Å². The van der Waals surface area contributed by atoms with E-state index in [-0.39, 0.29) is 18.6 Å². The highest BCUT2D eigenvalue weighted by atomic mass is 16.4. The fourth-order valence-corrected chi connectivity index (χ4v) is 1.74. The zero-order chi connectivity index (χ0) is 14.7. The van der Waals surface area contributed by atoms with Crippen LogP contribution in [0.4, 0.5) is 0 Å². The molecule has 0 aromatic carbocycles. The molecule has 2 aromatic heterocycles. The highest BCUT2D eigenvalue weighted by Gasteiger charge is 2.22. The van der Waals surface area contributed by atoms with Crippen LogP contribution < -0.4 is 5.32 Å². The van der Waals surface area contributed by atoms with Crippen LogP contribution in [-0.2, 0) is 4.79 Å². The van der Waals surface area contributed by atoms with Gasteiger partial charge in [-0.3, -0.25) is 4.79 Å². The molecule has 0 spiro atoms. The number of amides is 1. The van der Waals surface area contributed by atoms with E-state index in [1.807, 2.05) is 0 Å². The molecule has 0 saturated heterocycles. The van der Waals surface area contributed by atoms with Crippen molar-refractivity contribution < 1.29 is 19.8 Å². The average Bonchev–Trinajstić information content (AvgIpc) is 2.87. The molecule has 20 heavy (non-hydrogen) atoms. The third kappa shape index (κ3) is 2.57. The predicted molar refractivity (Wildman–Crippen MR) is 66.1 cm³/mol. The molecule has 1 atom stereocenters. The maximum absolute atomic E-state index is 12.1. The van der Waals surface area contributed by atoms with E-state index in [0.717, 1.165) is 0 Å². The van der Waals surface area contributed by atoms with E-state index >= 15 is 0 Å². The number of carbonyl (C=O) groups is 2. The number of nitrogens with zero attached hydrogens (tertiary/aromatic N) is 4. The van der Waals surface area contributed by atoms with E-state index < -0.39 is 17.9 Å². The Balaban J connectivity index is 2.26. The molecule has 3 N–H and O–H groups in total. The molecule has 0 saturated carbocycles. The van der Waals surface area contributed by atoms with Gasteiger partial charge in [0.1, 0.15) is 12.4 Å². The topological polar surface area (TPSA) is 130 Å². The van der Waals surface area contributed by atoms with Gasteiger partial charge < -0.3 is 15.5 Å². The summed E-state index contributed by atoms with van der Waals surface area (Å²) in [5.74, 6) is -1.45. The fourth-order valence-electron chi connectivity index (χ4n) is 1.74. The number of aliphatic hydroxyl groups excluding tert-OH is 1. The van der Waals surface area contributed by atoms with Crippen LogP contribution in [0.1, 0.15) is 22.5 Å². The van der Waals surface area contributed by atoms with Crippen molar-refractivity contribution in [1.29, 1.82) is 0 Å². The maximum Gasteiger partial charge on any atom is 0.326 e. The van der Waals surface area contributed by atoms with Crippen molar-refractivity contribution in [3.63, 3.8) is 0 Å². The van der Waals surface area contributed by atoms with E-state index in [4.69, 9.17) is 10.2 Å². The summed E-state index contributed by atoms with van der Waals surface area (Å²) in [6.07, 6.45) is 2.55. The molecule has 9 nitrogen and oxygen atoms in total. The van der Waals surface area contributed by atoms with Gasteiger partial charge in [0.25, 0.3) is 11.7 Å². The smallest absolute Gasteiger partial charge is 0.326 e. The van der Waals surface area contributed by atoms with E-state index in [9.17, 15) is 9.59 Å². The Bertz CT molecular complexity index is 653. The van der Waals surface area contributed by atoms with Crippen molar-refractivity contribution in [2.45, 2.75) is 19.4 Å². The number of carboxylic acids is 1. The lowest BCUT2D eigenvalue weighted by Gasteiger charge is -2.14. The maximum atomic E-state index is 12.1. The van der Waals surface area contributed by atoms with Gasteiger partial charge in [-0.05, 0) is 6.92 Å². The normalized spacial score (nSPS) is 12.3. The summed E-state index contributed by atoms with van der Waals surface area (Å²) in [7, 11) is 0. The van der Waals surface area contributed by atoms with Crippen molar-refractivity contribution in [1.82, 2.24) is 24.9 Å². The van der Waals surface area contributed by atoms with Crippen LogP contribution in [0, 0.1) is 6.92 Å². The standard InChI is InChI=1S/C11H13N5O4/c1-6-7(4-12-11-13-5-14-16(6)11)9(18)15-8(2-3-17)10(19)20/h4-5,8,17H,2-3H2,1H3,(H,15,18)(H,19,20)/t8-/m1/s1. The number of aryl methyl sites for hydroxylation is 1. The Morgan fingerprint density at radius 1 is 1.45 bits per heavy atom. The van der Waals surface area contributed by atoms with Crippen molar-refractivity contribution >= 4 is 17.7 Å². The molecular weight excluding hydrogens is 266 g/mol. The number of hydrogen-bond acceptors (Lipinski definition) is 6. The third-order valence-electron chi connectivity index (χ3n) is 2.81. The second kappa shape index (κ2) is 5.61. The SMILES string of the molecule is Cc1c(C(=O)N[C@H](CCO)C(=O)O)cnc2ncnn12. The van der Waals surface area contributed by atoms with Gasteiger partial charge in [-0.2, -0.15) is 10.1 Å². The zero-order valence-corrected chi connectivity index (χ0v) is 10.6. The van der Waals surface area contributed by atoms with Crippen LogP contribution in [0.25, 0.3) is 5.78 Å². The summed E-state index contributed by atoms with van der Waals surface area (Å²) in [4.78, 5) is 30.8. The van der Waals surface area contributed by atoms with E-state index in [1.165, 1.54) is 17.0 Å². The first kappa shape index (κ1) is 13.9. The lowest BCUT2D eigenvalue weighted by Crippen LogP contribution is -2.41. The quantitative estimate of drug-likeness (QED) is 0.639. The number of fused-ring (bicyclic) bond motifs is 1. The molecule has 2 aromatic rings. The second-order valence-corrected chi connectivity index (χ2v) is 4.11. The Morgan fingerprint density at radius 2 is 2.20 bits per heavy atom. The molecule has 2 rings (SSSR count). The molecule has 0 aliphatic rings. The Labute approximate surface area is 113 Å². The summed E-state index contributed by atoms with van der Waals surface area (Å²) in [5, 5.41) is 24.0. The molecule has 2 heterocycles. The summed E-state index contributed by atoms with van der Waals surface area (Å²) in [6, 6.07) is -1.15.